The molecule has 2 heterocycles. The Bertz CT molecular complexity index is 2410. The van der Waals surface area contributed by atoms with Crippen LogP contribution in [0, 0.1) is 0 Å². The summed E-state index contributed by atoms with van der Waals surface area (Å²) in [4.78, 5) is 47.5. The lowest BCUT2D eigenvalue weighted by molar-refractivity contribution is -0.124. The first-order chi connectivity index (χ1) is 62.9. The van der Waals surface area contributed by atoms with E-state index < -0.39 is 54.9 Å². The summed E-state index contributed by atoms with van der Waals surface area (Å²) in [6, 6.07) is 10.6. The Morgan fingerprint density at radius 2 is 0.526 bits per heavy atom. The second kappa shape index (κ2) is 110. The van der Waals surface area contributed by atoms with Crippen LogP contribution in [0.15, 0.2) is 42.6 Å². The molecule has 2 aromatic rings. The van der Waals surface area contributed by atoms with Crippen molar-refractivity contribution in [3.63, 3.8) is 0 Å². The lowest BCUT2D eigenvalue weighted by atomic mass is 10.2. The van der Waals surface area contributed by atoms with Crippen molar-refractivity contribution in [2.75, 3.05) is 315 Å². The zero-order valence-corrected chi connectivity index (χ0v) is 83.5. The molecule has 0 aromatic carbocycles. The molecule has 0 aliphatic carbocycles. The molecule has 0 radical (unpaired) electrons. The smallest absolute Gasteiger partial charge is 0.137 e. The Labute approximate surface area is 796 Å². The number of pyridine rings is 2. The molecular formula is C89H195N15O29. The number of aromatic nitrogens is 2. The number of hydrogen-bond acceptors (Lipinski definition) is 44. The highest BCUT2D eigenvalue weighted by Crippen LogP contribution is 2.06. The highest BCUT2D eigenvalue weighted by Gasteiger charge is 2.20. The Morgan fingerprint density at radius 3 is 0.722 bits per heavy atom. The highest BCUT2D eigenvalue weighted by molar-refractivity contribution is 5.96. The standard InChI is InChI=1S/C19H43N3O5.C14H32N2O4.C10H24N2O4.C7H18N2O2.C7H9NO2.C6H15NO3.C6H15NO2.C6H7NO.C5H13NO2.C5H8O2.C4H11NO2/c1-15(23)10-20(6-8-21(11-16(2)24)12-17(3)25)7-9-22(13-18(4)26)14-19(5)27;1-11(17)7-15(8-12(2)18)5-6-16(9-13(3)19)10-14(4)20;13-7-3-11(4-8-14)1-2-12(5-9-15)6-10-16;8-2-1-3-9(4-6-10)5-7-11;9-4-6-2-1-3-7(5-10)8-6;8-4-1-7(2-5-9)3-6-10;1-5(8)3-7-4-6(2)9;8-5-6-3-1-2-4-7-6;1-6(2-4-7)3-5-8;1-4(6)3-5(2)7;6-3-1-5-2-4-7/h15-19,23-27H,6-14H2,1-5H3;11-14,17-20H,5-10H2,1-4H3;13-16H,1-10H2;10-11H,1-8H2;1-3,9-10H,4-5H2;8-10H,1-6H2;5-9H,3-4H2,1-2H3;1-4,8H,5H2;7-8H,2-5H2,1H3;3H2,1-2H3;5-7H,1-4H2. The van der Waals surface area contributed by atoms with E-state index in [-0.39, 0.29) is 136 Å². The van der Waals surface area contributed by atoms with Crippen molar-refractivity contribution < 1.29 is 147 Å². The highest BCUT2D eigenvalue weighted by atomic mass is 16.3. The fourth-order valence-electron chi connectivity index (χ4n) is 11.5. The van der Waals surface area contributed by atoms with Gasteiger partial charge in [0.25, 0.3) is 0 Å². The van der Waals surface area contributed by atoms with Crippen LogP contribution < -0.4 is 16.4 Å². The minimum Gasteiger partial charge on any atom is -0.395 e. The number of aliphatic hydroxyl groups is 27. The number of aliphatic hydroxyl groups excluding tert-OH is 27. The van der Waals surface area contributed by atoms with E-state index >= 15 is 0 Å². The van der Waals surface area contributed by atoms with E-state index in [1.807, 2.05) is 58.4 Å². The molecule has 0 amide bonds. The number of nitrogens with zero attached hydrogens (tertiary/aromatic N) is 12. The molecule has 0 aliphatic heterocycles. The predicted molar refractivity (Wildman–Crippen MR) is 518 cm³/mol. The second-order valence-corrected chi connectivity index (χ2v) is 32.3. The number of carbonyl (C=O) groups excluding carboxylic acids is 2. The molecule has 44 heteroatoms. The van der Waals surface area contributed by atoms with Crippen LogP contribution in [-0.4, -0.2) is 591 Å². The third-order valence-electron chi connectivity index (χ3n) is 17.1. The van der Waals surface area contributed by atoms with Crippen LogP contribution in [0.4, 0.5) is 0 Å². The van der Waals surface area contributed by atoms with Crippen LogP contribution in [-0.2, 0) is 29.4 Å². The van der Waals surface area contributed by atoms with E-state index in [0.29, 0.717) is 233 Å². The molecule has 0 saturated heterocycles. The van der Waals surface area contributed by atoms with Gasteiger partial charge >= 0.3 is 0 Å². The Kier molecular flexibility index (Phi) is 121. The fraction of sp³-hybridized carbons (Fsp3) is 0.865. The van der Waals surface area contributed by atoms with Gasteiger partial charge in [-0.05, 0) is 141 Å². The second-order valence-electron chi connectivity index (χ2n) is 32.3. The molecule has 0 saturated carbocycles. The number of nitrogens with two attached hydrogens (primary N) is 1. The van der Waals surface area contributed by atoms with Crippen LogP contribution in [0.2, 0.25) is 0 Å². The minimum absolute atomic E-state index is 0.0286. The average molecular weight is 1940 g/mol. The number of carbonyl (C=O) groups is 2. The third kappa shape index (κ3) is 126. The van der Waals surface area contributed by atoms with Gasteiger partial charge in [-0.2, -0.15) is 0 Å². The van der Waals surface area contributed by atoms with Crippen LogP contribution in [0.1, 0.15) is 120 Å². The van der Waals surface area contributed by atoms with Crippen molar-refractivity contribution in [2.45, 2.75) is 190 Å². The van der Waals surface area contributed by atoms with Gasteiger partial charge in [-0.1, -0.05) is 12.1 Å². The molecule has 44 nitrogen and oxygen atoms in total. The summed E-state index contributed by atoms with van der Waals surface area (Å²) in [6.07, 6.45) is -2.14. The number of ketones is 2. The molecular weight excluding hydrogens is 1740 g/mol. The Morgan fingerprint density at radius 1 is 0.293 bits per heavy atom. The van der Waals surface area contributed by atoms with Crippen LogP contribution in [0.3, 0.4) is 0 Å². The molecule has 800 valence electrons. The molecule has 133 heavy (non-hydrogen) atoms. The van der Waals surface area contributed by atoms with Gasteiger partial charge in [0.05, 0.1) is 196 Å². The number of Topliss-reactive ketones (excluding diaryl/α,β-unsaturated/α-hetero) is 2. The van der Waals surface area contributed by atoms with Gasteiger partial charge in [0, 0.05) is 216 Å². The van der Waals surface area contributed by atoms with Crippen LogP contribution in [0.5, 0.6) is 0 Å². The SMILES string of the molecule is CC(=O)CC(C)=O.CC(O)CN(CCN(CC(C)O)CC(C)O)CC(C)O.CC(O)CN(CCN(CC(C)O)CC(C)O)CCN(CC(C)O)CC(C)O.CC(O)CNCC(C)O.CN(CCO)CCO.NCCCN(CCO)CCO.OCCN(CCO)CCN(CCO)CCO.OCCN(CCO)CCO.OCCNCCO.OCc1cccc(CO)n1.OCc1ccccn1. The minimum atomic E-state index is -0.471. The Hall–Kier alpha value is -3.96. The molecule has 0 aliphatic rings. The molecule has 2 aromatic heterocycles. The summed E-state index contributed by atoms with van der Waals surface area (Å²) in [5.41, 5.74) is 7.21. The maximum Gasteiger partial charge on any atom is 0.137 e. The molecule has 0 spiro atoms. The van der Waals surface area contributed by atoms with Crippen molar-refractivity contribution in [3.8, 4) is 0 Å². The van der Waals surface area contributed by atoms with Gasteiger partial charge in [-0.15, -0.1) is 0 Å². The molecule has 31 N–H and O–H groups in total. The normalized spacial score (nSPS) is 13.6. The lowest BCUT2D eigenvalue weighted by Crippen LogP contribution is -2.46. The van der Waals surface area contributed by atoms with Crippen molar-refractivity contribution in [1.29, 1.82) is 0 Å². The van der Waals surface area contributed by atoms with Crippen molar-refractivity contribution in [3.05, 3.63) is 59.7 Å². The molecule has 0 fully saturated rings. The average Bonchev–Trinajstić information content (AvgIpc) is 0.934. The number of nitrogens with one attached hydrogen (secondary N) is 2. The van der Waals surface area contributed by atoms with E-state index in [1.165, 1.54) is 13.8 Å². The van der Waals surface area contributed by atoms with E-state index in [9.17, 15) is 55.5 Å². The maximum absolute atomic E-state index is 10.0. The molecule has 2 rings (SSSR count). The van der Waals surface area contributed by atoms with Crippen LogP contribution in [0.25, 0.3) is 0 Å². The monoisotopic (exact) mass is 1940 g/mol. The van der Waals surface area contributed by atoms with Gasteiger partial charge in [-0.3, -0.25) is 63.7 Å². The summed E-state index contributed by atoms with van der Waals surface area (Å²) < 4.78 is 0. The quantitative estimate of drug-likeness (QED) is 0.0216. The first kappa shape index (κ1) is 147. The van der Waals surface area contributed by atoms with Gasteiger partial charge in [0.1, 0.15) is 11.6 Å². The molecule has 0 bridgehead atoms. The first-order valence-corrected chi connectivity index (χ1v) is 46.3. The number of hydrogen-bond donors (Lipinski definition) is 30. The van der Waals surface area contributed by atoms with E-state index in [4.69, 9.17) is 97.7 Å². The fourth-order valence-corrected chi connectivity index (χ4v) is 11.5. The summed E-state index contributed by atoms with van der Waals surface area (Å²) >= 11 is 0. The third-order valence-corrected chi connectivity index (χ3v) is 17.1. The summed E-state index contributed by atoms with van der Waals surface area (Å²) in [5, 5.41) is 246. The molecule has 11 atom stereocenters. The first-order valence-electron chi connectivity index (χ1n) is 46.3. The topological polar surface area (TPSA) is 689 Å². The predicted octanol–water partition coefficient (Wildman–Crippen LogP) is -9.65. The van der Waals surface area contributed by atoms with Crippen molar-refractivity contribution in [1.82, 2.24) is 69.6 Å². The zero-order chi connectivity index (χ0) is 104. The Balaban J connectivity index is -0.000000187. The van der Waals surface area contributed by atoms with E-state index in [2.05, 4.69) is 25.5 Å². The van der Waals surface area contributed by atoms with Crippen molar-refractivity contribution >= 4 is 11.6 Å². The van der Waals surface area contributed by atoms with E-state index in [0.717, 1.165) is 13.0 Å². The van der Waals surface area contributed by atoms with Crippen LogP contribution >= 0.6 is 0 Å². The molecule has 11 unspecified atom stereocenters. The largest absolute Gasteiger partial charge is 0.395 e. The lowest BCUT2D eigenvalue weighted by Gasteiger charge is -2.32. The van der Waals surface area contributed by atoms with E-state index in [1.54, 1.807) is 112 Å². The van der Waals surface area contributed by atoms with Crippen molar-refractivity contribution in [2.24, 2.45) is 5.73 Å². The zero-order valence-electron chi connectivity index (χ0n) is 83.5. The van der Waals surface area contributed by atoms with Gasteiger partial charge in [0.15, 0.2) is 0 Å². The van der Waals surface area contributed by atoms with Gasteiger partial charge < -0.3 is 159 Å². The summed E-state index contributed by atoms with van der Waals surface area (Å²) in [5.74, 6) is -0.125. The maximum atomic E-state index is 10.0. The summed E-state index contributed by atoms with van der Waals surface area (Å²) in [6.45, 7) is 43.0. The number of likely N-dealkylation sites (N-methyl/N-ethyl adjacent to an activating group) is 1. The van der Waals surface area contributed by atoms with Gasteiger partial charge in [0.2, 0.25) is 0 Å². The van der Waals surface area contributed by atoms with Gasteiger partial charge in [-0.25, -0.2) is 0 Å². The summed E-state index contributed by atoms with van der Waals surface area (Å²) in [7, 11) is 1.85. The number of rotatable bonds is 68.